The van der Waals surface area contributed by atoms with Crippen molar-refractivity contribution in [3.05, 3.63) is 54.4 Å². The van der Waals surface area contributed by atoms with Gasteiger partial charge in [-0.1, -0.05) is 18.2 Å². The van der Waals surface area contributed by atoms with E-state index in [9.17, 15) is 5.11 Å². The first-order chi connectivity index (χ1) is 12.2. The van der Waals surface area contributed by atoms with E-state index in [4.69, 9.17) is 10.2 Å². The van der Waals surface area contributed by atoms with E-state index in [1.807, 2.05) is 24.3 Å². The first-order valence-corrected chi connectivity index (χ1v) is 7.54. The van der Waals surface area contributed by atoms with Crippen LogP contribution in [0.2, 0.25) is 0 Å². The zero-order valence-corrected chi connectivity index (χ0v) is 13.0. The van der Waals surface area contributed by atoms with Crippen LogP contribution in [-0.4, -0.2) is 30.3 Å². The Morgan fingerprint density at radius 2 is 2.08 bits per heavy atom. The van der Waals surface area contributed by atoms with E-state index in [1.165, 1.54) is 0 Å². The van der Waals surface area contributed by atoms with Crippen molar-refractivity contribution in [2.45, 2.75) is 6.61 Å². The number of hydrogen-bond donors (Lipinski definition) is 3. The minimum Gasteiger partial charge on any atom is -0.461 e. The SMILES string of the molecule is Nc1ncc(-c2cccc(CO)c2)nc1-c1n[nH]c(-c2ccco2)n1. The van der Waals surface area contributed by atoms with Crippen molar-refractivity contribution in [3.63, 3.8) is 0 Å². The van der Waals surface area contributed by atoms with Crippen molar-refractivity contribution in [1.82, 2.24) is 25.1 Å². The molecule has 8 nitrogen and oxygen atoms in total. The summed E-state index contributed by atoms with van der Waals surface area (Å²) in [6.45, 7) is -0.0451. The first kappa shape index (κ1) is 15.0. The lowest BCUT2D eigenvalue weighted by Crippen LogP contribution is -2.00. The molecule has 0 unspecified atom stereocenters. The van der Waals surface area contributed by atoms with E-state index in [1.54, 1.807) is 24.6 Å². The van der Waals surface area contributed by atoms with Gasteiger partial charge >= 0.3 is 0 Å². The Labute approximate surface area is 142 Å². The second kappa shape index (κ2) is 6.17. The number of aliphatic hydroxyl groups excluding tert-OH is 1. The van der Waals surface area contributed by atoms with E-state index in [2.05, 4.69) is 25.1 Å². The number of anilines is 1. The van der Waals surface area contributed by atoms with Crippen molar-refractivity contribution >= 4 is 5.82 Å². The minimum atomic E-state index is -0.0451. The topological polar surface area (TPSA) is 127 Å². The number of furan rings is 1. The highest BCUT2D eigenvalue weighted by molar-refractivity contribution is 5.69. The molecule has 0 radical (unpaired) electrons. The molecule has 3 heterocycles. The lowest BCUT2D eigenvalue weighted by molar-refractivity contribution is 0.282. The Morgan fingerprint density at radius 3 is 2.88 bits per heavy atom. The van der Waals surface area contributed by atoms with Gasteiger partial charge in [0.2, 0.25) is 5.82 Å². The Bertz CT molecular complexity index is 1010. The van der Waals surface area contributed by atoms with Crippen LogP contribution in [0.4, 0.5) is 5.82 Å². The molecule has 3 aromatic heterocycles. The van der Waals surface area contributed by atoms with E-state index in [0.29, 0.717) is 28.8 Å². The fourth-order valence-corrected chi connectivity index (χ4v) is 2.42. The molecule has 0 aliphatic heterocycles. The van der Waals surface area contributed by atoms with Gasteiger partial charge in [0.15, 0.2) is 23.1 Å². The van der Waals surface area contributed by atoms with Crippen LogP contribution >= 0.6 is 0 Å². The monoisotopic (exact) mass is 334 g/mol. The molecule has 0 aliphatic rings. The summed E-state index contributed by atoms with van der Waals surface area (Å²) in [4.78, 5) is 13.1. The maximum absolute atomic E-state index is 9.29. The van der Waals surface area contributed by atoms with Gasteiger partial charge in [-0.3, -0.25) is 5.10 Å². The molecule has 0 atom stereocenters. The molecule has 4 rings (SSSR count). The lowest BCUT2D eigenvalue weighted by atomic mass is 10.1. The number of nitrogen functional groups attached to an aromatic ring is 1. The zero-order chi connectivity index (χ0) is 17.2. The fraction of sp³-hybridized carbons (Fsp3) is 0.0588. The molecule has 0 fully saturated rings. The number of hydrogen-bond acceptors (Lipinski definition) is 7. The van der Waals surface area contributed by atoms with Crippen LogP contribution in [0.1, 0.15) is 5.56 Å². The van der Waals surface area contributed by atoms with Crippen LogP contribution < -0.4 is 5.73 Å². The number of aliphatic hydroxyl groups is 1. The molecule has 0 aliphatic carbocycles. The molecule has 124 valence electrons. The normalized spacial score (nSPS) is 10.9. The molecule has 0 saturated carbocycles. The summed E-state index contributed by atoms with van der Waals surface area (Å²) in [5.74, 6) is 1.61. The van der Waals surface area contributed by atoms with Crippen molar-refractivity contribution in [2.75, 3.05) is 5.73 Å². The Hall–Kier alpha value is -3.52. The summed E-state index contributed by atoms with van der Waals surface area (Å²) in [5, 5.41) is 16.2. The summed E-state index contributed by atoms with van der Waals surface area (Å²) in [6, 6.07) is 10.9. The predicted molar refractivity (Wildman–Crippen MR) is 90.9 cm³/mol. The molecule has 0 spiro atoms. The van der Waals surface area contributed by atoms with E-state index >= 15 is 0 Å². The number of aromatic nitrogens is 5. The fourth-order valence-electron chi connectivity index (χ4n) is 2.42. The molecule has 0 bridgehead atoms. The number of nitrogens with two attached hydrogens (primary N) is 1. The van der Waals surface area contributed by atoms with Crippen molar-refractivity contribution in [2.24, 2.45) is 0 Å². The van der Waals surface area contributed by atoms with Gasteiger partial charge < -0.3 is 15.3 Å². The molecule has 1 aromatic carbocycles. The van der Waals surface area contributed by atoms with Gasteiger partial charge in [0, 0.05) is 5.56 Å². The minimum absolute atomic E-state index is 0.0451. The van der Waals surface area contributed by atoms with Crippen LogP contribution in [0, 0.1) is 0 Å². The van der Waals surface area contributed by atoms with Crippen LogP contribution in [-0.2, 0) is 6.61 Å². The summed E-state index contributed by atoms with van der Waals surface area (Å²) in [6.07, 6.45) is 3.13. The third-order valence-electron chi connectivity index (χ3n) is 3.66. The number of nitrogens with zero attached hydrogens (tertiary/aromatic N) is 4. The predicted octanol–water partition coefficient (Wildman–Crippen LogP) is 2.26. The lowest BCUT2D eigenvalue weighted by Gasteiger charge is -2.06. The number of benzene rings is 1. The first-order valence-electron chi connectivity index (χ1n) is 7.54. The number of H-pyrrole nitrogens is 1. The quantitative estimate of drug-likeness (QED) is 0.522. The van der Waals surface area contributed by atoms with E-state index < -0.39 is 0 Å². The standard InChI is InChI=1S/C17H14N6O2/c18-15-14(17-21-16(22-23-17)13-5-2-6-25-13)20-12(8-19-15)11-4-1-3-10(7-11)9-24/h1-8,24H,9H2,(H2,18,19)(H,21,22,23). The van der Waals surface area contributed by atoms with Gasteiger partial charge in [-0.25, -0.2) is 15.0 Å². The third kappa shape index (κ3) is 2.86. The molecule has 8 heteroatoms. The van der Waals surface area contributed by atoms with Gasteiger partial charge in [0.25, 0.3) is 0 Å². The molecular formula is C17H14N6O2. The van der Waals surface area contributed by atoms with Gasteiger partial charge in [-0.2, -0.15) is 5.10 Å². The second-order valence-corrected chi connectivity index (χ2v) is 5.33. The van der Waals surface area contributed by atoms with Crippen molar-refractivity contribution in [1.29, 1.82) is 0 Å². The van der Waals surface area contributed by atoms with Crippen molar-refractivity contribution in [3.8, 4) is 34.4 Å². The van der Waals surface area contributed by atoms with E-state index in [0.717, 1.165) is 11.1 Å². The Morgan fingerprint density at radius 1 is 1.16 bits per heavy atom. The van der Waals surface area contributed by atoms with E-state index in [-0.39, 0.29) is 12.4 Å². The Balaban J connectivity index is 1.75. The van der Waals surface area contributed by atoms with Crippen LogP contribution in [0.15, 0.2) is 53.3 Å². The number of rotatable bonds is 4. The highest BCUT2D eigenvalue weighted by Crippen LogP contribution is 2.25. The van der Waals surface area contributed by atoms with Crippen molar-refractivity contribution < 1.29 is 9.52 Å². The second-order valence-electron chi connectivity index (χ2n) is 5.33. The summed E-state index contributed by atoms with van der Waals surface area (Å²) in [7, 11) is 0. The summed E-state index contributed by atoms with van der Waals surface area (Å²) >= 11 is 0. The van der Waals surface area contributed by atoms with Crippen LogP contribution in [0.5, 0.6) is 0 Å². The highest BCUT2D eigenvalue weighted by atomic mass is 16.3. The average Bonchev–Trinajstić information content (AvgIpc) is 3.33. The van der Waals surface area contributed by atoms with Gasteiger partial charge in [0.05, 0.1) is 24.8 Å². The number of aromatic amines is 1. The van der Waals surface area contributed by atoms with Gasteiger partial charge in [0.1, 0.15) is 0 Å². The van der Waals surface area contributed by atoms with Crippen LogP contribution in [0.25, 0.3) is 34.4 Å². The average molecular weight is 334 g/mol. The molecule has 4 N–H and O–H groups in total. The number of nitrogens with one attached hydrogen (secondary N) is 1. The molecule has 0 saturated heterocycles. The Kier molecular flexibility index (Phi) is 3.71. The van der Waals surface area contributed by atoms with Gasteiger partial charge in [-0.15, -0.1) is 0 Å². The largest absolute Gasteiger partial charge is 0.461 e. The molecule has 4 aromatic rings. The van der Waals surface area contributed by atoms with Gasteiger partial charge in [-0.05, 0) is 23.8 Å². The highest BCUT2D eigenvalue weighted by Gasteiger charge is 2.15. The zero-order valence-electron chi connectivity index (χ0n) is 13.0. The maximum atomic E-state index is 9.29. The van der Waals surface area contributed by atoms with Crippen LogP contribution in [0.3, 0.4) is 0 Å². The molecule has 25 heavy (non-hydrogen) atoms. The maximum Gasteiger partial charge on any atom is 0.204 e. The summed E-state index contributed by atoms with van der Waals surface area (Å²) < 4.78 is 5.29. The molecule has 0 amide bonds. The third-order valence-corrected chi connectivity index (χ3v) is 3.66. The molecular weight excluding hydrogens is 320 g/mol. The summed E-state index contributed by atoms with van der Waals surface area (Å²) in [5.41, 5.74) is 8.55. The smallest absolute Gasteiger partial charge is 0.204 e.